The second-order valence-corrected chi connectivity index (χ2v) is 4.02. The molecule has 0 heterocycles. The van der Waals surface area contributed by atoms with E-state index in [-0.39, 0.29) is 11.4 Å². The summed E-state index contributed by atoms with van der Waals surface area (Å²) in [7, 11) is 2.99. The highest BCUT2D eigenvalue weighted by atomic mass is 19.2. The lowest BCUT2D eigenvalue weighted by Crippen LogP contribution is -2.02. The van der Waals surface area contributed by atoms with Crippen molar-refractivity contribution in [2.24, 2.45) is 0 Å². The van der Waals surface area contributed by atoms with Crippen LogP contribution in [0.1, 0.15) is 0 Å². The molecule has 20 heavy (non-hydrogen) atoms. The molecule has 2 aromatic rings. The van der Waals surface area contributed by atoms with Crippen LogP contribution in [0.15, 0.2) is 30.3 Å². The number of nitrogens with one attached hydrogen (secondary N) is 1. The maximum absolute atomic E-state index is 13.7. The molecule has 0 bridgehead atoms. The van der Waals surface area contributed by atoms with Gasteiger partial charge in [0.25, 0.3) is 0 Å². The SMILES string of the molecule is COc1ccc(Nc2c(N)ccc(F)c2F)cc1OC. The summed E-state index contributed by atoms with van der Waals surface area (Å²) >= 11 is 0. The summed E-state index contributed by atoms with van der Waals surface area (Å²) in [4.78, 5) is 0. The first-order chi connectivity index (χ1) is 9.56. The van der Waals surface area contributed by atoms with E-state index in [1.54, 1.807) is 18.2 Å². The van der Waals surface area contributed by atoms with E-state index in [0.29, 0.717) is 17.2 Å². The Balaban J connectivity index is 2.38. The molecule has 0 amide bonds. The number of rotatable bonds is 4. The van der Waals surface area contributed by atoms with Gasteiger partial charge in [0.05, 0.1) is 19.9 Å². The second-order valence-electron chi connectivity index (χ2n) is 4.02. The second kappa shape index (κ2) is 5.64. The quantitative estimate of drug-likeness (QED) is 0.844. The van der Waals surface area contributed by atoms with Crippen molar-refractivity contribution in [3.8, 4) is 11.5 Å². The van der Waals surface area contributed by atoms with Gasteiger partial charge in [-0.2, -0.15) is 0 Å². The normalized spacial score (nSPS) is 10.2. The molecule has 6 heteroatoms. The van der Waals surface area contributed by atoms with Crippen molar-refractivity contribution in [2.45, 2.75) is 0 Å². The van der Waals surface area contributed by atoms with Crippen molar-refractivity contribution in [2.75, 3.05) is 25.3 Å². The molecule has 4 nitrogen and oxygen atoms in total. The van der Waals surface area contributed by atoms with Gasteiger partial charge in [-0.25, -0.2) is 8.78 Å². The summed E-state index contributed by atoms with van der Waals surface area (Å²) in [6.07, 6.45) is 0. The Morgan fingerprint density at radius 3 is 2.35 bits per heavy atom. The van der Waals surface area contributed by atoms with Crippen LogP contribution in [0.25, 0.3) is 0 Å². The third kappa shape index (κ3) is 2.59. The lowest BCUT2D eigenvalue weighted by Gasteiger charge is -2.13. The summed E-state index contributed by atoms with van der Waals surface area (Å²) in [5, 5.41) is 2.73. The van der Waals surface area contributed by atoms with Crippen LogP contribution in [-0.4, -0.2) is 14.2 Å². The van der Waals surface area contributed by atoms with Crippen LogP contribution in [-0.2, 0) is 0 Å². The van der Waals surface area contributed by atoms with Crippen LogP contribution < -0.4 is 20.5 Å². The van der Waals surface area contributed by atoms with Gasteiger partial charge >= 0.3 is 0 Å². The largest absolute Gasteiger partial charge is 0.493 e. The number of anilines is 3. The van der Waals surface area contributed by atoms with Gasteiger partial charge in [-0.3, -0.25) is 0 Å². The number of methoxy groups -OCH3 is 2. The van der Waals surface area contributed by atoms with Crippen molar-refractivity contribution in [3.63, 3.8) is 0 Å². The van der Waals surface area contributed by atoms with Crippen LogP contribution in [0.4, 0.5) is 25.8 Å². The summed E-state index contributed by atoms with van der Waals surface area (Å²) in [6.45, 7) is 0. The average molecular weight is 280 g/mol. The van der Waals surface area contributed by atoms with Gasteiger partial charge in [0.15, 0.2) is 23.1 Å². The lowest BCUT2D eigenvalue weighted by atomic mass is 10.2. The maximum atomic E-state index is 13.7. The Morgan fingerprint density at radius 1 is 1.00 bits per heavy atom. The molecule has 2 rings (SSSR count). The van der Waals surface area contributed by atoms with Crippen molar-refractivity contribution < 1.29 is 18.3 Å². The van der Waals surface area contributed by atoms with Gasteiger partial charge in [0.1, 0.15) is 5.69 Å². The molecule has 0 fully saturated rings. The minimum absolute atomic E-state index is 0.110. The standard InChI is InChI=1S/C14H14F2N2O2/c1-19-11-6-3-8(7-12(11)20-2)18-14-10(17)5-4-9(15)13(14)16/h3-7,18H,17H2,1-2H3. The number of nitrogen functional groups attached to an aromatic ring is 1. The third-order valence-electron chi connectivity index (χ3n) is 2.78. The topological polar surface area (TPSA) is 56.5 Å². The number of benzene rings is 2. The van der Waals surface area contributed by atoms with E-state index in [1.165, 1.54) is 20.3 Å². The zero-order chi connectivity index (χ0) is 14.7. The van der Waals surface area contributed by atoms with E-state index in [1.807, 2.05) is 0 Å². The average Bonchev–Trinajstić information content (AvgIpc) is 2.47. The minimum Gasteiger partial charge on any atom is -0.493 e. The highest BCUT2D eigenvalue weighted by molar-refractivity contribution is 5.74. The summed E-state index contributed by atoms with van der Waals surface area (Å²) in [5.74, 6) is -0.999. The van der Waals surface area contributed by atoms with Gasteiger partial charge in [0.2, 0.25) is 0 Å². The number of nitrogens with two attached hydrogens (primary N) is 1. The summed E-state index contributed by atoms with van der Waals surface area (Å²) in [6, 6.07) is 7.16. The van der Waals surface area contributed by atoms with E-state index in [9.17, 15) is 8.78 Å². The Bertz CT molecular complexity index is 633. The van der Waals surface area contributed by atoms with Gasteiger partial charge in [-0.1, -0.05) is 0 Å². The Hall–Kier alpha value is -2.50. The first-order valence-electron chi connectivity index (χ1n) is 5.79. The van der Waals surface area contributed by atoms with E-state index in [4.69, 9.17) is 15.2 Å². The monoisotopic (exact) mass is 280 g/mol. The molecular formula is C14H14F2N2O2. The van der Waals surface area contributed by atoms with Gasteiger partial charge in [-0.15, -0.1) is 0 Å². The minimum atomic E-state index is -1.03. The zero-order valence-corrected chi connectivity index (χ0v) is 11.0. The van der Waals surface area contributed by atoms with Crippen molar-refractivity contribution >= 4 is 17.1 Å². The van der Waals surface area contributed by atoms with E-state index in [0.717, 1.165) is 6.07 Å². The molecule has 0 saturated heterocycles. The molecule has 0 spiro atoms. The summed E-state index contributed by atoms with van der Waals surface area (Å²) in [5.41, 5.74) is 6.13. The molecule has 0 aliphatic heterocycles. The van der Waals surface area contributed by atoms with Crippen LogP contribution >= 0.6 is 0 Å². The number of hydrogen-bond donors (Lipinski definition) is 2. The van der Waals surface area contributed by atoms with Crippen LogP contribution in [0.2, 0.25) is 0 Å². The zero-order valence-electron chi connectivity index (χ0n) is 11.0. The molecule has 0 unspecified atom stereocenters. The molecule has 0 atom stereocenters. The Labute approximate surface area is 115 Å². The van der Waals surface area contributed by atoms with Gasteiger partial charge < -0.3 is 20.5 Å². The van der Waals surface area contributed by atoms with Crippen molar-refractivity contribution in [3.05, 3.63) is 42.0 Å². The van der Waals surface area contributed by atoms with Crippen molar-refractivity contribution in [1.29, 1.82) is 0 Å². The van der Waals surface area contributed by atoms with Gasteiger partial charge in [0, 0.05) is 11.8 Å². The van der Waals surface area contributed by atoms with Gasteiger partial charge in [-0.05, 0) is 24.3 Å². The lowest BCUT2D eigenvalue weighted by molar-refractivity contribution is 0.355. The first kappa shape index (κ1) is 13.9. The molecule has 0 saturated carbocycles. The molecule has 0 aliphatic rings. The predicted octanol–water partition coefficient (Wildman–Crippen LogP) is 3.31. The molecule has 0 aromatic heterocycles. The van der Waals surface area contributed by atoms with E-state index in [2.05, 4.69) is 5.32 Å². The molecule has 0 aliphatic carbocycles. The highest BCUT2D eigenvalue weighted by Crippen LogP contribution is 2.33. The van der Waals surface area contributed by atoms with Crippen LogP contribution in [0, 0.1) is 11.6 Å². The highest BCUT2D eigenvalue weighted by Gasteiger charge is 2.13. The fraction of sp³-hybridized carbons (Fsp3) is 0.143. The Morgan fingerprint density at radius 2 is 1.70 bits per heavy atom. The van der Waals surface area contributed by atoms with Crippen LogP contribution in [0.3, 0.4) is 0 Å². The predicted molar refractivity (Wildman–Crippen MR) is 73.6 cm³/mol. The molecular weight excluding hydrogens is 266 g/mol. The maximum Gasteiger partial charge on any atom is 0.184 e. The smallest absolute Gasteiger partial charge is 0.184 e. The van der Waals surface area contributed by atoms with Crippen LogP contribution in [0.5, 0.6) is 11.5 Å². The molecule has 106 valence electrons. The Kier molecular flexibility index (Phi) is 3.93. The molecule has 0 radical (unpaired) electrons. The summed E-state index contributed by atoms with van der Waals surface area (Å²) < 4.78 is 37.1. The molecule has 3 N–H and O–H groups in total. The van der Waals surface area contributed by atoms with E-state index >= 15 is 0 Å². The number of ether oxygens (including phenoxy) is 2. The fourth-order valence-corrected chi connectivity index (χ4v) is 1.75. The van der Waals surface area contributed by atoms with Crippen molar-refractivity contribution in [1.82, 2.24) is 0 Å². The van der Waals surface area contributed by atoms with E-state index < -0.39 is 11.6 Å². The fourth-order valence-electron chi connectivity index (χ4n) is 1.75. The molecule has 2 aromatic carbocycles. The first-order valence-corrected chi connectivity index (χ1v) is 5.79. The number of halogens is 2. The third-order valence-corrected chi connectivity index (χ3v) is 2.78. The number of hydrogen-bond acceptors (Lipinski definition) is 4.